The number of rotatable bonds is 18. The van der Waals surface area contributed by atoms with Crippen LogP contribution >= 0.6 is 11.2 Å². The van der Waals surface area contributed by atoms with E-state index >= 15 is 0 Å². The maximum Gasteiger partial charge on any atom is 0.344 e. The largest absolute Gasteiger partial charge is 0.478 e. The minimum atomic E-state index is -5.28. The number of nitrogens with zero attached hydrogens (tertiary/aromatic N) is 1. The lowest BCUT2D eigenvalue weighted by Crippen LogP contribution is -2.06. The lowest BCUT2D eigenvalue weighted by molar-refractivity contribution is 0.143. The van der Waals surface area contributed by atoms with E-state index in [-0.39, 0.29) is 16.7 Å². The average molecular weight is 568 g/mol. The predicted molar refractivity (Wildman–Crippen MR) is 153 cm³/mol. The fourth-order valence-corrected chi connectivity index (χ4v) is 5.14. The highest BCUT2D eigenvalue weighted by Crippen LogP contribution is 2.56. The van der Waals surface area contributed by atoms with Gasteiger partial charge in [-0.05, 0) is 48.9 Å². The van der Waals surface area contributed by atoms with Crippen LogP contribution in [0.25, 0.3) is 22.1 Å². The van der Waals surface area contributed by atoms with Gasteiger partial charge < -0.3 is 13.9 Å². The molecular formula is C30H40F3NO4S. The smallest absolute Gasteiger partial charge is 0.344 e. The monoisotopic (exact) mass is 567 g/mol. The molecule has 216 valence electrons. The molecule has 9 heteroatoms. The Hall–Kier alpha value is -2.52. The summed E-state index contributed by atoms with van der Waals surface area (Å²) in [6.07, 6.45) is 12.7. The van der Waals surface area contributed by atoms with Crippen molar-refractivity contribution in [2.24, 2.45) is 0 Å². The number of hydrogen-bond acceptors (Lipinski definition) is 5. The molecule has 0 aliphatic heterocycles. The van der Waals surface area contributed by atoms with Gasteiger partial charge in [-0.2, -0.15) is 0 Å². The zero-order chi connectivity index (χ0) is 28.1. The molecule has 5 nitrogen and oxygen atoms in total. The van der Waals surface area contributed by atoms with Gasteiger partial charge in [0.05, 0.1) is 17.9 Å². The van der Waals surface area contributed by atoms with Gasteiger partial charge in [0.2, 0.25) is 17.1 Å². The van der Waals surface area contributed by atoms with E-state index in [0.717, 1.165) is 38.0 Å². The van der Waals surface area contributed by atoms with Crippen molar-refractivity contribution in [3.05, 3.63) is 58.1 Å². The third-order valence-corrected chi connectivity index (χ3v) is 7.31. The molecule has 0 aliphatic rings. The Labute approximate surface area is 231 Å². The van der Waals surface area contributed by atoms with E-state index in [0.29, 0.717) is 29.9 Å². The highest BCUT2D eigenvalue weighted by Gasteiger charge is 2.25. The van der Waals surface area contributed by atoms with Crippen LogP contribution in [0.5, 0.6) is 5.88 Å². The molecule has 39 heavy (non-hydrogen) atoms. The fourth-order valence-electron chi connectivity index (χ4n) is 4.55. The van der Waals surface area contributed by atoms with Crippen LogP contribution in [0.15, 0.2) is 45.7 Å². The van der Waals surface area contributed by atoms with E-state index in [2.05, 4.69) is 4.98 Å². The van der Waals surface area contributed by atoms with Crippen LogP contribution < -0.4 is 10.4 Å². The van der Waals surface area contributed by atoms with E-state index < -0.39 is 22.6 Å². The van der Waals surface area contributed by atoms with Gasteiger partial charge in [0.1, 0.15) is 5.58 Å². The Morgan fingerprint density at radius 3 is 2.15 bits per heavy atom. The van der Waals surface area contributed by atoms with E-state index in [1.165, 1.54) is 50.8 Å². The van der Waals surface area contributed by atoms with E-state index in [4.69, 9.17) is 13.9 Å². The molecule has 0 atom stereocenters. The summed E-state index contributed by atoms with van der Waals surface area (Å²) in [5.41, 5.74) is 0.836. The molecule has 3 rings (SSSR count). The molecule has 2 heterocycles. The molecule has 2 aromatic heterocycles. The summed E-state index contributed by atoms with van der Waals surface area (Å²) < 4.78 is 56.5. The highest BCUT2D eigenvalue weighted by atomic mass is 32.3. The topological polar surface area (TPSA) is 61.6 Å². The van der Waals surface area contributed by atoms with Crippen LogP contribution in [0.4, 0.5) is 11.7 Å². The first-order valence-electron chi connectivity index (χ1n) is 14.0. The standard InChI is InChI=1S/C30H40F3NO4S/c1-3-23-14-15-26(25(18-23)22-39(31,32)33)27-19-24-21-34-29(20-28(24)38-30(27)35)37-17-13-11-9-7-5-6-8-10-12-16-36-4-2/h14-15,18-21H,3-13,16-17,22H2,1-2H3. The van der Waals surface area contributed by atoms with Gasteiger partial charge in [0.25, 0.3) is 0 Å². The molecule has 0 aliphatic carbocycles. The summed E-state index contributed by atoms with van der Waals surface area (Å²) in [6.45, 7) is 6.09. The Bertz CT molecular complexity index is 1230. The van der Waals surface area contributed by atoms with Crippen molar-refractivity contribution in [1.29, 1.82) is 0 Å². The van der Waals surface area contributed by atoms with Crippen molar-refractivity contribution in [3.63, 3.8) is 0 Å². The predicted octanol–water partition coefficient (Wildman–Crippen LogP) is 9.30. The summed E-state index contributed by atoms with van der Waals surface area (Å²) in [5, 5.41) is 0.528. The third kappa shape index (κ3) is 10.5. The first-order valence-corrected chi connectivity index (χ1v) is 15.5. The Morgan fingerprint density at radius 2 is 1.51 bits per heavy atom. The van der Waals surface area contributed by atoms with Gasteiger partial charge >= 0.3 is 5.63 Å². The second kappa shape index (κ2) is 15.9. The molecule has 0 N–H and O–H groups in total. The second-order valence-electron chi connectivity index (χ2n) is 9.73. The molecule has 0 radical (unpaired) electrons. The molecule has 0 bridgehead atoms. The van der Waals surface area contributed by atoms with Crippen LogP contribution in [-0.2, 0) is 16.9 Å². The lowest BCUT2D eigenvalue weighted by Gasteiger charge is -2.15. The SMILES string of the molecule is CCOCCCCCCCCCCCOc1cc2oc(=O)c(-c3ccc(CC)cc3CS(F)(F)F)cc2cn1. The molecule has 0 amide bonds. The second-order valence-corrected chi connectivity index (χ2v) is 11.0. The molecule has 3 aromatic rings. The molecule has 0 unspecified atom stereocenters. The molecule has 0 saturated carbocycles. The Morgan fingerprint density at radius 1 is 0.846 bits per heavy atom. The number of fused-ring (bicyclic) bond motifs is 1. The van der Waals surface area contributed by atoms with E-state index in [1.54, 1.807) is 24.3 Å². The van der Waals surface area contributed by atoms with E-state index in [9.17, 15) is 16.5 Å². The zero-order valence-electron chi connectivity index (χ0n) is 23.0. The van der Waals surface area contributed by atoms with Crippen LogP contribution in [-0.4, -0.2) is 24.8 Å². The highest BCUT2D eigenvalue weighted by molar-refractivity contribution is 8.20. The Balaban J connectivity index is 1.51. The minimum absolute atomic E-state index is 0.0916. The van der Waals surface area contributed by atoms with Gasteiger partial charge in [0.15, 0.2) is 0 Å². The number of aryl methyl sites for hydroxylation is 1. The summed E-state index contributed by atoms with van der Waals surface area (Å²) in [6, 6.07) is 7.96. The number of benzene rings is 1. The van der Waals surface area contributed by atoms with Gasteiger partial charge in [-0.1, -0.05) is 70.1 Å². The van der Waals surface area contributed by atoms with Crippen LogP contribution in [0.1, 0.15) is 82.8 Å². The Kier molecular flexibility index (Phi) is 12.7. The van der Waals surface area contributed by atoms with Crippen molar-refractivity contribution in [2.45, 2.75) is 83.8 Å². The summed E-state index contributed by atoms with van der Waals surface area (Å²) in [7, 11) is 0. The number of hydrogen-bond donors (Lipinski definition) is 0. The molecule has 0 fully saturated rings. The first kappa shape index (κ1) is 31.0. The number of pyridine rings is 1. The summed E-state index contributed by atoms with van der Waals surface area (Å²) in [5.74, 6) is -0.674. The number of unbranched alkanes of at least 4 members (excludes halogenated alkanes) is 8. The van der Waals surface area contributed by atoms with Gasteiger partial charge in [-0.25, -0.2) is 9.78 Å². The number of aromatic nitrogens is 1. The maximum atomic E-state index is 13.3. The van der Waals surface area contributed by atoms with Crippen molar-refractivity contribution in [2.75, 3.05) is 19.8 Å². The van der Waals surface area contributed by atoms with Crippen LogP contribution in [0.3, 0.4) is 0 Å². The first-order chi connectivity index (χ1) is 18.8. The van der Waals surface area contributed by atoms with Gasteiger partial charge in [-0.15, -0.1) is 11.7 Å². The normalized spacial score (nSPS) is 12.2. The zero-order valence-corrected chi connectivity index (χ0v) is 23.8. The fraction of sp³-hybridized carbons (Fsp3) is 0.533. The van der Waals surface area contributed by atoms with Crippen molar-refractivity contribution < 1.29 is 25.5 Å². The maximum absolute atomic E-state index is 13.3. The lowest BCUT2D eigenvalue weighted by atomic mass is 9.98. The quantitative estimate of drug-likeness (QED) is 0.143. The summed E-state index contributed by atoms with van der Waals surface area (Å²) in [4.78, 5) is 17.1. The molecular weight excluding hydrogens is 527 g/mol. The van der Waals surface area contributed by atoms with Gasteiger partial charge in [0, 0.05) is 30.9 Å². The molecule has 0 saturated heterocycles. The van der Waals surface area contributed by atoms with Crippen molar-refractivity contribution >= 4 is 22.2 Å². The minimum Gasteiger partial charge on any atom is -0.478 e. The molecule has 1 aromatic carbocycles. The number of halogens is 3. The van der Waals surface area contributed by atoms with Crippen LogP contribution in [0.2, 0.25) is 0 Å². The molecule has 0 spiro atoms. The van der Waals surface area contributed by atoms with Crippen molar-refractivity contribution in [1.82, 2.24) is 4.98 Å². The average Bonchev–Trinajstić information content (AvgIpc) is 2.90. The third-order valence-electron chi connectivity index (χ3n) is 6.67. The van der Waals surface area contributed by atoms with Crippen molar-refractivity contribution in [3.8, 4) is 17.0 Å². The van der Waals surface area contributed by atoms with E-state index in [1.807, 2.05) is 13.8 Å². The summed E-state index contributed by atoms with van der Waals surface area (Å²) >= 11 is -5.28. The number of ether oxygens (including phenoxy) is 2. The van der Waals surface area contributed by atoms with Crippen LogP contribution in [0, 0.1) is 0 Å². The van der Waals surface area contributed by atoms with Gasteiger partial charge in [-0.3, -0.25) is 0 Å².